The largest absolute Gasteiger partial charge is 0.394 e. The average Bonchev–Trinajstić information content (AvgIpc) is 2.18. The van der Waals surface area contributed by atoms with Crippen LogP contribution < -0.4 is 0 Å². The highest BCUT2D eigenvalue weighted by Gasteiger charge is 2.45. The molecule has 3 N–H and O–H groups in total. The van der Waals surface area contributed by atoms with E-state index in [1.54, 1.807) is 0 Å². The lowest BCUT2D eigenvalue weighted by Gasteiger charge is -2.43. The van der Waals surface area contributed by atoms with Crippen LogP contribution in [0.3, 0.4) is 0 Å². The summed E-state index contributed by atoms with van der Waals surface area (Å²) in [6.07, 6.45) is -3.68. The third kappa shape index (κ3) is 2.49. The Morgan fingerprint density at radius 2 is 1.87 bits per heavy atom. The van der Waals surface area contributed by atoms with Crippen molar-refractivity contribution in [3.05, 3.63) is 0 Å². The number of hydrogen-bond donors (Lipinski definition) is 3. The highest BCUT2D eigenvalue weighted by atomic mass is 16.6. The molecule has 1 rings (SSSR count). The fourth-order valence-corrected chi connectivity index (χ4v) is 1.94. The minimum absolute atomic E-state index is 0.0965. The Balaban J connectivity index is 2.79. The van der Waals surface area contributed by atoms with E-state index in [9.17, 15) is 10.2 Å². The summed E-state index contributed by atoms with van der Waals surface area (Å²) in [5.41, 5.74) is 0. The van der Waals surface area contributed by atoms with E-state index in [0.29, 0.717) is 0 Å². The van der Waals surface area contributed by atoms with Gasteiger partial charge in [0.1, 0.15) is 24.4 Å². The topological polar surface area (TPSA) is 79.2 Å². The smallest absolute Gasteiger partial charge is 0.114 e. The molecule has 0 amide bonds. The monoisotopic (exact) mass is 220 g/mol. The van der Waals surface area contributed by atoms with Crippen LogP contribution in [0.25, 0.3) is 0 Å². The van der Waals surface area contributed by atoms with Gasteiger partial charge in [0.25, 0.3) is 0 Å². The summed E-state index contributed by atoms with van der Waals surface area (Å²) in [7, 11) is 1.42. The molecule has 90 valence electrons. The summed E-state index contributed by atoms with van der Waals surface area (Å²) in [5, 5.41) is 28.7. The summed E-state index contributed by atoms with van der Waals surface area (Å²) >= 11 is 0. The summed E-state index contributed by atoms with van der Waals surface area (Å²) in [6.45, 7) is 3.54. The van der Waals surface area contributed by atoms with Crippen molar-refractivity contribution in [2.45, 2.75) is 44.4 Å². The molecule has 5 nitrogen and oxygen atoms in total. The molecule has 0 bridgehead atoms. The maximum atomic E-state index is 9.89. The highest BCUT2D eigenvalue weighted by molar-refractivity contribution is 4.93. The van der Waals surface area contributed by atoms with Gasteiger partial charge in [0, 0.05) is 7.11 Å². The second-order valence-corrected chi connectivity index (χ2v) is 4.25. The summed E-state index contributed by atoms with van der Waals surface area (Å²) < 4.78 is 10.5. The molecule has 0 aliphatic carbocycles. The minimum Gasteiger partial charge on any atom is -0.394 e. The van der Waals surface area contributed by atoms with E-state index in [0.717, 1.165) is 0 Å². The first-order valence-electron chi connectivity index (χ1n) is 5.18. The molecule has 1 saturated heterocycles. The second-order valence-electron chi connectivity index (χ2n) is 4.25. The van der Waals surface area contributed by atoms with Crippen molar-refractivity contribution in [3.63, 3.8) is 0 Å². The van der Waals surface area contributed by atoms with Gasteiger partial charge in [-0.05, 0) is 5.92 Å². The SMILES string of the molecule is CO[C@@H]1C(O)C(C(C)C)OC(CO)[C@@H]1O. The maximum Gasteiger partial charge on any atom is 0.114 e. The fraction of sp³-hybridized carbons (Fsp3) is 1.00. The molecule has 1 aliphatic heterocycles. The van der Waals surface area contributed by atoms with Crippen LogP contribution >= 0.6 is 0 Å². The molecule has 1 aliphatic rings. The van der Waals surface area contributed by atoms with Crippen LogP contribution in [-0.2, 0) is 9.47 Å². The van der Waals surface area contributed by atoms with E-state index < -0.39 is 30.5 Å². The molecule has 1 fully saturated rings. The van der Waals surface area contributed by atoms with Gasteiger partial charge >= 0.3 is 0 Å². The number of aliphatic hydroxyl groups excluding tert-OH is 3. The second kappa shape index (κ2) is 5.23. The molecule has 3 unspecified atom stereocenters. The third-order valence-corrected chi connectivity index (χ3v) is 2.83. The maximum absolute atomic E-state index is 9.89. The Bertz CT molecular complexity index is 194. The van der Waals surface area contributed by atoms with Crippen molar-refractivity contribution in [2.75, 3.05) is 13.7 Å². The Hall–Kier alpha value is -0.200. The molecular formula is C10H20O5. The Morgan fingerprint density at radius 1 is 1.27 bits per heavy atom. The van der Waals surface area contributed by atoms with E-state index in [1.165, 1.54) is 7.11 Å². The van der Waals surface area contributed by atoms with Gasteiger partial charge in [0.2, 0.25) is 0 Å². The Morgan fingerprint density at radius 3 is 2.27 bits per heavy atom. The zero-order chi connectivity index (χ0) is 11.6. The molecule has 15 heavy (non-hydrogen) atoms. The molecule has 0 radical (unpaired) electrons. The van der Waals surface area contributed by atoms with Crippen molar-refractivity contribution in [3.8, 4) is 0 Å². The number of rotatable bonds is 3. The van der Waals surface area contributed by atoms with Crippen LogP contribution in [0, 0.1) is 5.92 Å². The summed E-state index contributed by atoms with van der Waals surface area (Å²) in [5.74, 6) is 0.0965. The first-order chi connectivity index (χ1) is 7.02. The van der Waals surface area contributed by atoms with E-state index in [4.69, 9.17) is 14.6 Å². The van der Waals surface area contributed by atoms with Crippen LogP contribution in [0.4, 0.5) is 0 Å². The van der Waals surface area contributed by atoms with Crippen LogP contribution in [0.15, 0.2) is 0 Å². The number of methoxy groups -OCH3 is 1. The first kappa shape index (κ1) is 12.9. The standard InChI is InChI=1S/C10H20O5/c1-5(2)9-8(13)10(14-3)7(12)6(4-11)15-9/h5-13H,4H2,1-3H3/t6?,7-,8?,9?,10-/m0/s1. The minimum atomic E-state index is -0.995. The molecule has 5 heteroatoms. The molecular weight excluding hydrogens is 200 g/mol. The normalized spacial score (nSPS) is 42.2. The lowest BCUT2D eigenvalue weighted by molar-refractivity contribution is -0.244. The van der Waals surface area contributed by atoms with E-state index in [2.05, 4.69) is 0 Å². The van der Waals surface area contributed by atoms with Crippen LogP contribution in [-0.4, -0.2) is 59.6 Å². The van der Waals surface area contributed by atoms with Crippen molar-refractivity contribution in [1.29, 1.82) is 0 Å². The number of aliphatic hydroxyl groups is 3. The van der Waals surface area contributed by atoms with Gasteiger partial charge in [-0.25, -0.2) is 0 Å². The number of ether oxygens (including phenoxy) is 2. The van der Waals surface area contributed by atoms with Gasteiger partial charge in [0.05, 0.1) is 12.7 Å². The van der Waals surface area contributed by atoms with Crippen molar-refractivity contribution in [2.24, 2.45) is 5.92 Å². The Kier molecular flexibility index (Phi) is 4.48. The summed E-state index contributed by atoms with van der Waals surface area (Å²) in [6, 6.07) is 0. The summed E-state index contributed by atoms with van der Waals surface area (Å²) in [4.78, 5) is 0. The van der Waals surface area contributed by atoms with Crippen molar-refractivity contribution >= 4 is 0 Å². The van der Waals surface area contributed by atoms with Crippen molar-refractivity contribution < 1.29 is 24.8 Å². The fourth-order valence-electron chi connectivity index (χ4n) is 1.94. The van der Waals surface area contributed by atoms with Gasteiger partial charge in [-0.1, -0.05) is 13.8 Å². The van der Waals surface area contributed by atoms with E-state index in [1.807, 2.05) is 13.8 Å². The molecule has 0 aromatic heterocycles. The Labute approximate surface area is 89.6 Å². The van der Waals surface area contributed by atoms with Gasteiger partial charge in [-0.3, -0.25) is 0 Å². The first-order valence-corrected chi connectivity index (χ1v) is 5.18. The van der Waals surface area contributed by atoms with Gasteiger partial charge in [-0.15, -0.1) is 0 Å². The van der Waals surface area contributed by atoms with Crippen LogP contribution in [0.5, 0.6) is 0 Å². The van der Waals surface area contributed by atoms with Crippen LogP contribution in [0.2, 0.25) is 0 Å². The zero-order valence-electron chi connectivity index (χ0n) is 9.33. The lowest BCUT2D eigenvalue weighted by atomic mass is 9.89. The third-order valence-electron chi connectivity index (χ3n) is 2.83. The van der Waals surface area contributed by atoms with Crippen LogP contribution in [0.1, 0.15) is 13.8 Å². The molecule has 5 atom stereocenters. The van der Waals surface area contributed by atoms with Crippen molar-refractivity contribution in [1.82, 2.24) is 0 Å². The quantitative estimate of drug-likeness (QED) is 0.577. The lowest BCUT2D eigenvalue weighted by Crippen LogP contribution is -2.60. The van der Waals surface area contributed by atoms with E-state index in [-0.39, 0.29) is 12.5 Å². The predicted octanol–water partition coefficient (Wildman–Crippen LogP) is -0.861. The zero-order valence-corrected chi connectivity index (χ0v) is 9.33. The van der Waals surface area contributed by atoms with E-state index >= 15 is 0 Å². The number of hydrogen-bond acceptors (Lipinski definition) is 5. The molecule has 0 saturated carbocycles. The average molecular weight is 220 g/mol. The molecule has 0 aromatic rings. The highest BCUT2D eigenvalue weighted by Crippen LogP contribution is 2.27. The predicted molar refractivity (Wildman–Crippen MR) is 53.4 cm³/mol. The van der Waals surface area contributed by atoms with Gasteiger partial charge in [0.15, 0.2) is 0 Å². The van der Waals surface area contributed by atoms with Gasteiger partial charge < -0.3 is 24.8 Å². The molecule has 0 aromatic carbocycles. The molecule has 0 spiro atoms. The molecule has 1 heterocycles. The van der Waals surface area contributed by atoms with Gasteiger partial charge in [-0.2, -0.15) is 0 Å².